The third kappa shape index (κ3) is 3.42. The average Bonchev–Trinajstić information content (AvgIpc) is 2.47. The molecule has 0 radical (unpaired) electrons. The molecule has 0 spiro atoms. The number of nitrogens with one attached hydrogen (secondary N) is 1. The number of benzene rings is 1. The van der Waals surface area contributed by atoms with E-state index in [0.717, 1.165) is 5.52 Å². The maximum Gasteiger partial charge on any atom is 0.221 e. The number of hydrogen-bond acceptors (Lipinski definition) is 4. The Morgan fingerprint density at radius 2 is 2.15 bits per heavy atom. The third-order valence-electron chi connectivity index (χ3n) is 2.97. The van der Waals surface area contributed by atoms with Gasteiger partial charge < -0.3 is 10.4 Å². The van der Waals surface area contributed by atoms with Crippen LogP contribution in [0.2, 0.25) is 0 Å². The van der Waals surface area contributed by atoms with Crippen LogP contribution in [0, 0.1) is 0 Å². The lowest BCUT2D eigenvalue weighted by molar-refractivity contribution is -0.121. The van der Waals surface area contributed by atoms with Crippen molar-refractivity contribution in [1.29, 1.82) is 0 Å². The van der Waals surface area contributed by atoms with Crippen LogP contribution in [0.4, 0.5) is 0 Å². The summed E-state index contributed by atoms with van der Waals surface area (Å²) in [4.78, 5) is 23.3. The molecule has 0 aliphatic carbocycles. The first-order valence-electron chi connectivity index (χ1n) is 6.55. The van der Waals surface area contributed by atoms with E-state index in [1.165, 1.54) is 6.20 Å². The molecule has 0 fully saturated rings. The Bertz CT molecular complexity index is 651. The highest BCUT2D eigenvalue weighted by molar-refractivity contribution is 5.78. The summed E-state index contributed by atoms with van der Waals surface area (Å²) in [5.74, 6) is -0.0944. The molecule has 2 aromatic rings. The second-order valence-corrected chi connectivity index (χ2v) is 4.43. The number of fused-ring (bicyclic) bond motifs is 1. The summed E-state index contributed by atoms with van der Waals surface area (Å²) in [5.41, 5.74) is 0.604. The number of para-hydroxylation sites is 1. The standard InChI is InChI=1S/C14H17N3O3/c18-9-3-7-15-14(20)6-8-17-12-5-2-1-4-11(12)13(19)10-16-17/h1-2,4-5,10,18H,3,6-9H2,(H,15,20). The van der Waals surface area contributed by atoms with E-state index in [4.69, 9.17) is 5.11 Å². The topological polar surface area (TPSA) is 84.2 Å². The number of nitrogens with zero attached hydrogens (tertiary/aromatic N) is 2. The van der Waals surface area contributed by atoms with Gasteiger partial charge in [-0.05, 0) is 18.6 Å². The Labute approximate surface area is 116 Å². The van der Waals surface area contributed by atoms with Crippen LogP contribution in [0.25, 0.3) is 10.9 Å². The fourth-order valence-electron chi connectivity index (χ4n) is 1.94. The third-order valence-corrected chi connectivity index (χ3v) is 2.97. The van der Waals surface area contributed by atoms with Crippen molar-refractivity contribution in [2.45, 2.75) is 19.4 Å². The van der Waals surface area contributed by atoms with Gasteiger partial charge in [0.25, 0.3) is 0 Å². The monoisotopic (exact) mass is 275 g/mol. The molecule has 0 bridgehead atoms. The van der Waals surface area contributed by atoms with E-state index in [0.29, 0.717) is 24.9 Å². The van der Waals surface area contributed by atoms with Gasteiger partial charge in [-0.2, -0.15) is 5.10 Å². The van der Waals surface area contributed by atoms with Crippen molar-refractivity contribution in [3.8, 4) is 0 Å². The summed E-state index contributed by atoms with van der Waals surface area (Å²) in [6, 6.07) is 7.20. The number of amides is 1. The number of carbonyl (C=O) groups is 1. The highest BCUT2D eigenvalue weighted by Crippen LogP contribution is 2.08. The molecular weight excluding hydrogens is 258 g/mol. The predicted molar refractivity (Wildman–Crippen MR) is 75.3 cm³/mol. The minimum atomic E-state index is -0.121. The number of aryl methyl sites for hydroxylation is 1. The molecule has 106 valence electrons. The van der Waals surface area contributed by atoms with E-state index >= 15 is 0 Å². The minimum absolute atomic E-state index is 0.0617. The number of aliphatic hydroxyl groups excluding tert-OH is 1. The van der Waals surface area contributed by atoms with Gasteiger partial charge in [0.2, 0.25) is 11.3 Å². The molecule has 0 aliphatic heterocycles. The maximum absolute atomic E-state index is 11.7. The molecule has 2 rings (SSSR count). The molecule has 6 nitrogen and oxygen atoms in total. The quantitative estimate of drug-likeness (QED) is 0.742. The molecule has 1 heterocycles. The fraction of sp³-hybridized carbons (Fsp3) is 0.357. The van der Waals surface area contributed by atoms with Crippen LogP contribution in [0.3, 0.4) is 0 Å². The average molecular weight is 275 g/mol. The Morgan fingerprint density at radius 3 is 2.95 bits per heavy atom. The van der Waals surface area contributed by atoms with Gasteiger partial charge in [-0.15, -0.1) is 0 Å². The lowest BCUT2D eigenvalue weighted by Gasteiger charge is -2.09. The molecule has 20 heavy (non-hydrogen) atoms. The van der Waals surface area contributed by atoms with Crippen molar-refractivity contribution in [1.82, 2.24) is 15.1 Å². The smallest absolute Gasteiger partial charge is 0.221 e. The SMILES string of the molecule is O=C(CCn1ncc(=O)c2ccccc21)NCCCO. The summed E-state index contributed by atoms with van der Waals surface area (Å²) in [5, 5.41) is 16.0. The zero-order valence-electron chi connectivity index (χ0n) is 11.1. The number of aliphatic hydroxyl groups is 1. The van der Waals surface area contributed by atoms with Gasteiger partial charge in [-0.25, -0.2) is 0 Å². The number of hydrogen-bond donors (Lipinski definition) is 2. The van der Waals surface area contributed by atoms with Crippen molar-refractivity contribution in [2.75, 3.05) is 13.2 Å². The second kappa shape index (κ2) is 6.81. The fourth-order valence-corrected chi connectivity index (χ4v) is 1.94. The van der Waals surface area contributed by atoms with Crippen LogP contribution in [-0.4, -0.2) is 33.9 Å². The first kappa shape index (κ1) is 14.2. The van der Waals surface area contributed by atoms with Crippen molar-refractivity contribution in [2.24, 2.45) is 0 Å². The summed E-state index contributed by atoms with van der Waals surface area (Å²) < 4.78 is 1.66. The number of carbonyl (C=O) groups excluding carboxylic acids is 1. The molecule has 1 aromatic heterocycles. The van der Waals surface area contributed by atoms with Crippen molar-refractivity contribution >= 4 is 16.8 Å². The molecule has 1 amide bonds. The van der Waals surface area contributed by atoms with Crippen molar-refractivity contribution in [3.05, 3.63) is 40.7 Å². The normalized spacial score (nSPS) is 10.7. The Kier molecular flexibility index (Phi) is 4.84. The van der Waals surface area contributed by atoms with Crippen LogP contribution in [0.15, 0.2) is 35.3 Å². The zero-order valence-corrected chi connectivity index (χ0v) is 11.1. The first-order chi connectivity index (χ1) is 9.72. The van der Waals surface area contributed by atoms with Gasteiger partial charge in [0.15, 0.2) is 0 Å². The Balaban J connectivity index is 2.05. The van der Waals surface area contributed by atoms with Crippen LogP contribution in [-0.2, 0) is 11.3 Å². The maximum atomic E-state index is 11.7. The highest BCUT2D eigenvalue weighted by Gasteiger charge is 2.05. The lowest BCUT2D eigenvalue weighted by Crippen LogP contribution is -2.26. The van der Waals surface area contributed by atoms with Gasteiger partial charge in [0, 0.05) is 25.0 Å². The minimum Gasteiger partial charge on any atom is -0.396 e. The summed E-state index contributed by atoms with van der Waals surface area (Å²) in [6.45, 7) is 0.936. The van der Waals surface area contributed by atoms with Crippen molar-refractivity contribution in [3.63, 3.8) is 0 Å². The number of rotatable bonds is 6. The molecule has 6 heteroatoms. The van der Waals surface area contributed by atoms with Gasteiger partial charge in [-0.1, -0.05) is 12.1 Å². The molecule has 2 N–H and O–H groups in total. The van der Waals surface area contributed by atoms with Crippen molar-refractivity contribution < 1.29 is 9.90 Å². The molecule has 0 saturated carbocycles. The van der Waals surface area contributed by atoms with Gasteiger partial charge in [-0.3, -0.25) is 14.3 Å². The van der Waals surface area contributed by atoms with E-state index in [2.05, 4.69) is 10.4 Å². The van der Waals surface area contributed by atoms with E-state index in [-0.39, 0.29) is 24.4 Å². The molecule has 0 atom stereocenters. The van der Waals surface area contributed by atoms with Crippen LogP contribution < -0.4 is 10.7 Å². The zero-order chi connectivity index (χ0) is 14.4. The van der Waals surface area contributed by atoms with Gasteiger partial charge >= 0.3 is 0 Å². The van der Waals surface area contributed by atoms with E-state index < -0.39 is 0 Å². The molecule has 0 unspecified atom stereocenters. The first-order valence-corrected chi connectivity index (χ1v) is 6.55. The van der Waals surface area contributed by atoms with Crippen LogP contribution in [0.5, 0.6) is 0 Å². The second-order valence-electron chi connectivity index (χ2n) is 4.43. The Hall–Kier alpha value is -2.21. The Morgan fingerprint density at radius 1 is 1.35 bits per heavy atom. The predicted octanol–water partition coefficient (Wildman–Crippen LogP) is 0.285. The van der Waals surface area contributed by atoms with E-state index in [9.17, 15) is 9.59 Å². The summed E-state index contributed by atoms with van der Waals surface area (Å²) in [7, 11) is 0. The van der Waals surface area contributed by atoms with E-state index in [1.807, 2.05) is 12.1 Å². The molecule has 1 aromatic carbocycles. The summed E-state index contributed by atoms with van der Waals surface area (Å²) >= 11 is 0. The number of aromatic nitrogens is 2. The summed E-state index contributed by atoms with van der Waals surface area (Å²) in [6.07, 6.45) is 2.10. The molecule has 0 saturated heterocycles. The molecular formula is C14H17N3O3. The highest BCUT2D eigenvalue weighted by atomic mass is 16.3. The molecule has 0 aliphatic rings. The van der Waals surface area contributed by atoms with Gasteiger partial charge in [0.1, 0.15) is 0 Å². The van der Waals surface area contributed by atoms with E-state index in [1.54, 1.807) is 16.8 Å². The van der Waals surface area contributed by atoms with Crippen LogP contribution >= 0.6 is 0 Å². The lowest BCUT2D eigenvalue weighted by atomic mass is 10.2. The van der Waals surface area contributed by atoms with Gasteiger partial charge in [0.05, 0.1) is 18.3 Å². The van der Waals surface area contributed by atoms with Crippen LogP contribution in [0.1, 0.15) is 12.8 Å². The largest absolute Gasteiger partial charge is 0.396 e.